The summed E-state index contributed by atoms with van der Waals surface area (Å²) in [6.45, 7) is 3.76. The first-order valence-electron chi connectivity index (χ1n) is 3.96. The lowest BCUT2D eigenvalue weighted by atomic mass is 10.1. The quantitative estimate of drug-likeness (QED) is 0.759. The van der Waals surface area contributed by atoms with Crippen LogP contribution in [0.5, 0.6) is 0 Å². The van der Waals surface area contributed by atoms with Gasteiger partial charge in [0.25, 0.3) is 0 Å². The van der Waals surface area contributed by atoms with E-state index in [0.717, 1.165) is 0 Å². The second-order valence-electron chi connectivity index (χ2n) is 4.06. The second kappa shape index (κ2) is 3.18. The molecule has 1 fully saturated rings. The van der Waals surface area contributed by atoms with Crippen LogP contribution < -0.4 is 0 Å². The topological polar surface area (TPSA) is 37.3 Å². The van der Waals surface area contributed by atoms with Crippen molar-refractivity contribution in [2.75, 3.05) is 0 Å². The molecule has 2 nitrogen and oxygen atoms in total. The zero-order valence-corrected chi connectivity index (χ0v) is 9.62. The Bertz CT molecular complexity index is 232. The van der Waals surface area contributed by atoms with Crippen LogP contribution in [0, 0.1) is 17.3 Å². The van der Waals surface area contributed by atoms with Crippen molar-refractivity contribution in [1.82, 2.24) is 0 Å². The zero-order chi connectivity index (χ0) is 10.4. The standard InChI is InChI=1S/C8H11Cl3O2/c1-7(2)4(3-8(9,10)11)5(7)6(12)13/h4-5H,3H2,1-2H3,(H,12,13). The fraction of sp³-hybridized carbons (Fsp3) is 0.875. The van der Waals surface area contributed by atoms with Gasteiger partial charge in [-0.2, -0.15) is 0 Å². The number of carboxylic acid groups (broad SMARTS) is 1. The van der Waals surface area contributed by atoms with Gasteiger partial charge in [-0.1, -0.05) is 48.7 Å². The van der Waals surface area contributed by atoms with Gasteiger partial charge >= 0.3 is 5.97 Å². The van der Waals surface area contributed by atoms with Gasteiger partial charge in [0, 0.05) is 0 Å². The highest BCUT2D eigenvalue weighted by Gasteiger charge is 2.63. The minimum atomic E-state index is -1.34. The molecule has 0 aliphatic heterocycles. The molecule has 1 aliphatic rings. The molecule has 0 aromatic rings. The molecular formula is C8H11Cl3O2. The maximum absolute atomic E-state index is 10.7. The third-order valence-corrected chi connectivity index (χ3v) is 3.23. The smallest absolute Gasteiger partial charge is 0.307 e. The fourth-order valence-corrected chi connectivity index (χ4v) is 2.36. The number of carboxylic acids is 1. The maximum Gasteiger partial charge on any atom is 0.307 e. The predicted octanol–water partition coefficient (Wildman–Crippen LogP) is 3.10. The van der Waals surface area contributed by atoms with Crippen molar-refractivity contribution in [2.24, 2.45) is 17.3 Å². The average molecular weight is 246 g/mol. The first-order valence-corrected chi connectivity index (χ1v) is 5.09. The summed E-state index contributed by atoms with van der Waals surface area (Å²) in [4.78, 5) is 10.7. The van der Waals surface area contributed by atoms with E-state index in [1.165, 1.54) is 0 Å². The minimum Gasteiger partial charge on any atom is -0.481 e. The van der Waals surface area contributed by atoms with E-state index < -0.39 is 9.76 Å². The highest BCUT2D eigenvalue weighted by Crippen LogP contribution is 2.62. The number of alkyl halides is 3. The first-order chi connectivity index (χ1) is 5.66. The molecule has 0 amide bonds. The van der Waals surface area contributed by atoms with Crippen molar-refractivity contribution >= 4 is 40.8 Å². The van der Waals surface area contributed by atoms with Crippen LogP contribution in [-0.4, -0.2) is 14.9 Å². The van der Waals surface area contributed by atoms with Crippen LogP contribution in [0.3, 0.4) is 0 Å². The summed E-state index contributed by atoms with van der Waals surface area (Å²) in [6, 6.07) is 0. The summed E-state index contributed by atoms with van der Waals surface area (Å²) < 4.78 is -1.34. The van der Waals surface area contributed by atoms with Gasteiger partial charge in [0.2, 0.25) is 0 Å². The molecule has 0 bridgehead atoms. The number of halogens is 3. The first kappa shape index (κ1) is 11.4. The van der Waals surface area contributed by atoms with Gasteiger partial charge in [-0.25, -0.2) is 0 Å². The van der Waals surface area contributed by atoms with E-state index in [2.05, 4.69) is 0 Å². The largest absolute Gasteiger partial charge is 0.481 e. The van der Waals surface area contributed by atoms with Crippen LogP contribution in [0.4, 0.5) is 0 Å². The van der Waals surface area contributed by atoms with Gasteiger partial charge in [0.15, 0.2) is 3.79 Å². The van der Waals surface area contributed by atoms with Crippen LogP contribution in [-0.2, 0) is 4.79 Å². The molecule has 0 aromatic carbocycles. The molecular weight excluding hydrogens is 234 g/mol. The SMILES string of the molecule is CC1(C)C(CC(Cl)(Cl)Cl)C1C(=O)O. The Morgan fingerprint density at radius 2 is 1.92 bits per heavy atom. The average Bonchev–Trinajstić information content (AvgIpc) is 2.28. The number of carbonyl (C=O) groups is 1. The monoisotopic (exact) mass is 244 g/mol. The highest BCUT2D eigenvalue weighted by atomic mass is 35.6. The van der Waals surface area contributed by atoms with Gasteiger partial charge < -0.3 is 5.11 Å². The van der Waals surface area contributed by atoms with Gasteiger partial charge in [0.1, 0.15) is 0 Å². The Kier molecular flexibility index (Phi) is 2.79. The van der Waals surface area contributed by atoms with E-state index in [-0.39, 0.29) is 17.3 Å². The lowest BCUT2D eigenvalue weighted by molar-refractivity contribution is -0.139. The summed E-state index contributed by atoms with van der Waals surface area (Å²) in [7, 11) is 0. The fourth-order valence-electron chi connectivity index (χ4n) is 1.86. The van der Waals surface area contributed by atoms with Crippen molar-refractivity contribution < 1.29 is 9.90 Å². The third kappa shape index (κ3) is 2.42. The highest BCUT2D eigenvalue weighted by molar-refractivity contribution is 6.67. The number of aliphatic carboxylic acids is 1. The Morgan fingerprint density at radius 1 is 1.46 bits per heavy atom. The molecule has 2 unspecified atom stereocenters. The molecule has 0 aromatic heterocycles. The number of hydrogen-bond acceptors (Lipinski definition) is 1. The molecule has 0 radical (unpaired) electrons. The lowest BCUT2D eigenvalue weighted by Crippen LogP contribution is -2.07. The summed E-state index contributed by atoms with van der Waals surface area (Å²) in [5, 5.41) is 8.83. The molecule has 1 saturated carbocycles. The Hall–Kier alpha value is 0.340. The molecule has 76 valence electrons. The van der Waals surface area contributed by atoms with Gasteiger partial charge in [0.05, 0.1) is 5.92 Å². The number of hydrogen-bond donors (Lipinski definition) is 1. The Morgan fingerprint density at radius 3 is 2.15 bits per heavy atom. The van der Waals surface area contributed by atoms with Crippen LogP contribution in [0.25, 0.3) is 0 Å². The number of rotatable bonds is 2. The van der Waals surface area contributed by atoms with Gasteiger partial charge in [-0.15, -0.1) is 0 Å². The van der Waals surface area contributed by atoms with E-state index in [0.29, 0.717) is 6.42 Å². The van der Waals surface area contributed by atoms with Gasteiger partial charge in [-0.3, -0.25) is 4.79 Å². The summed E-state index contributed by atoms with van der Waals surface area (Å²) in [5.74, 6) is -1.20. The normalized spacial score (nSPS) is 31.5. The Labute approximate surface area is 92.2 Å². The lowest BCUT2D eigenvalue weighted by Gasteiger charge is -2.10. The zero-order valence-electron chi connectivity index (χ0n) is 7.35. The molecule has 13 heavy (non-hydrogen) atoms. The molecule has 1 aliphatic carbocycles. The minimum absolute atomic E-state index is 0.0301. The van der Waals surface area contributed by atoms with Crippen molar-refractivity contribution in [1.29, 1.82) is 0 Å². The van der Waals surface area contributed by atoms with Crippen LogP contribution in [0.1, 0.15) is 20.3 Å². The van der Waals surface area contributed by atoms with Gasteiger partial charge in [-0.05, 0) is 17.8 Å². The van der Waals surface area contributed by atoms with E-state index in [9.17, 15) is 4.79 Å². The molecule has 5 heteroatoms. The van der Waals surface area contributed by atoms with E-state index in [1.807, 2.05) is 13.8 Å². The summed E-state index contributed by atoms with van der Waals surface area (Å²) in [6.07, 6.45) is 0.307. The van der Waals surface area contributed by atoms with Crippen molar-refractivity contribution in [3.63, 3.8) is 0 Å². The van der Waals surface area contributed by atoms with E-state index in [4.69, 9.17) is 39.9 Å². The van der Waals surface area contributed by atoms with Crippen LogP contribution in [0.15, 0.2) is 0 Å². The van der Waals surface area contributed by atoms with Crippen LogP contribution in [0.2, 0.25) is 0 Å². The molecule has 1 N–H and O–H groups in total. The van der Waals surface area contributed by atoms with Crippen molar-refractivity contribution in [3.05, 3.63) is 0 Å². The van der Waals surface area contributed by atoms with Crippen LogP contribution >= 0.6 is 34.8 Å². The van der Waals surface area contributed by atoms with Crippen molar-refractivity contribution in [2.45, 2.75) is 24.1 Å². The van der Waals surface area contributed by atoms with E-state index in [1.54, 1.807) is 0 Å². The molecule has 1 rings (SSSR count). The molecule has 0 spiro atoms. The summed E-state index contributed by atoms with van der Waals surface area (Å²) in [5.41, 5.74) is -0.240. The molecule has 0 heterocycles. The maximum atomic E-state index is 10.7. The molecule has 0 saturated heterocycles. The Balaban J connectivity index is 2.61. The van der Waals surface area contributed by atoms with E-state index >= 15 is 0 Å². The third-order valence-electron chi connectivity index (χ3n) is 2.77. The molecule has 2 atom stereocenters. The predicted molar refractivity (Wildman–Crippen MR) is 53.3 cm³/mol. The summed E-state index contributed by atoms with van der Waals surface area (Å²) >= 11 is 16.8. The second-order valence-corrected chi connectivity index (χ2v) is 6.58. The van der Waals surface area contributed by atoms with Crippen molar-refractivity contribution in [3.8, 4) is 0 Å².